The molecule has 1 aliphatic rings. The minimum absolute atomic E-state index is 0.0464. The standard InChI is InChI=1S/C26H29N7O2/c1-3-4-22(14-25(29)21-16-31-32-17-21)33-18(2)30-10-7-24(28)19-5-6-26(20(13-19)15-27)35-23-8-11-34-12-9-23/h3-7,10,13-14,16-17,23,33H,1-2,8-9,11-12,28-29H2,(H,31,32)/b22-4+,24-7-,25-14-,30-10?. The summed E-state index contributed by atoms with van der Waals surface area (Å²) >= 11 is 0. The molecule has 35 heavy (non-hydrogen) atoms. The molecule has 9 heteroatoms. The molecule has 1 fully saturated rings. The number of hydrogen-bond donors (Lipinski definition) is 4. The molecule has 0 bridgehead atoms. The summed E-state index contributed by atoms with van der Waals surface area (Å²) in [5.41, 5.74) is 15.8. The number of benzene rings is 1. The van der Waals surface area contributed by atoms with Crippen molar-refractivity contribution < 1.29 is 9.47 Å². The summed E-state index contributed by atoms with van der Waals surface area (Å²) in [6, 6.07) is 7.47. The van der Waals surface area contributed by atoms with Crippen molar-refractivity contribution in [1.82, 2.24) is 15.5 Å². The smallest absolute Gasteiger partial charge is 0.137 e. The maximum absolute atomic E-state index is 9.56. The van der Waals surface area contributed by atoms with E-state index in [4.69, 9.17) is 20.9 Å². The van der Waals surface area contributed by atoms with E-state index in [1.165, 1.54) is 6.21 Å². The van der Waals surface area contributed by atoms with Gasteiger partial charge < -0.3 is 26.3 Å². The molecule has 9 nitrogen and oxygen atoms in total. The van der Waals surface area contributed by atoms with Gasteiger partial charge in [-0.25, -0.2) is 4.99 Å². The fourth-order valence-electron chi connectivity index (χ4n) is 3.29. The lowest BCUT2D eigenvalue weighted by Crippen LogP contribution is -2.26. The number of H-pyrrole nitrogens is 1. The van der Waals surface area contributed by atoms with Crippen molar-refractivity contribution in [3.63, 3.8) is 0 Å². The zero-order chi connectivity index (χ0) is 25.0. The molecule has 0 amide bonds. The first-order valence-electron chi connectivity index (χ1n) is 11.0. The molecule has 1 saturated heterocycles. The molecule has 0 spiro atoms. The van der Waals surface area contributed by atoms with E-state index in [2.05, 4.69) is 39.7 Å². The first-order chi connectivity index (χ1) is 17.0. The highest BCUT2D eigenvalue weighted by Crippen LogP contribution is 2.25. The third-order valence-electron chi connectivity index (χ3n) is 5.11. The number of nitriles is 1. The van der Waals surface area contributed by atoms with E-state index < -0.39 is 0 Å². The van der Waals surface area contributed by atoms with E-state index in [0.717, 1.165) is 18.4 Å². The molecule has 1 aromatic carbocycles. The molecule has 6 N–H and O–H groups in total. The molecule has 0 atom stereocenters. The predicted molar refractivity (Wildman–Crippen MR) is 138 cm³/mol. The van der Waals surface area contributed by atoms with Gasteiger partial charge in [0.25, 0.3) is 0 Å². The zero-order valence-corrected chi connectivity index (χ0v) is 19.4. The number of allylic oxidation sites excluding steroid dienone is 4. The van der Waals surface area contributed by atoms with Crippen molar-refractivity contribution in [2.24, 2.45) is 16.5 Å². The first-order valence-corrected chi connectivity index (χ1v) is 11.0. The maximum Gasteiger partial charge on any atom is 0.137 e. The van der Waals surface area contributed by atoms with Crippen LogP contribution in [0.5, 0.6) is 5.75 Å². The highest BCUT2D eigenvalue weighted by molar-refractivity contribution is 5.84. The monoisotopic (exact) mass is 471 g/mol. The van der Waals surface area contributed by atoms with Gasteiger partial charge in [-0.05, 0) is 42.0 Å². The quantitative estimate of drug-likeness (QED) is 0.307. The Labute approximate surface area is 204 Å². The van der Waals surface area contributed by atoms with Crippen molar-refractivity contribution in [2.45, 2.75) is 18.9 Å². The fourth-order valence-corrected chi connectivity index (χ4v) is 3.29. The predicted octanol–water partition coefficient (Wildman–Crippen LogP) is 3.34. The minimum atomic E-state index is 0.0464. The van der Waals surface area contributed by atoms with Crippen LogP contribution in [0, 0.1) is 11.3 Å². The summed E-state index contributed by atoms with van der Waals surface area (Å²) in [4.78, 5) is 4.27. The summed E-state index contributed by atoms with van der Waals surface area (Å²) < 4.78 is 11.3. The molecule has 0 unspecified atom stereocenters. The van der Waals surface area contributed by atoms with Crippen LogP contribution in [0.15, 0.2) is 84.6 Å². The Bertz CT molecular complexity index is 1190. The summed E-state index contributed by atoms with van der Waals surface area (Å²) in [7, 11) is 0. The van der Waals surface area contributed by atoms with Gasteiger partial charge in [-0.1, -0.05) is 19.2 Å². The Morgan fingerprint density at radius 1 is 1.26 bits per heavy atom. The average Bonchev–Trinajstić information content (AvgIpc) is 3.40. The lowest BCUT2D eigenvalue weighted by molar-refractivity contribution is 0.0254. The Hall–Kier alpha value is -4.55. The number of aromatic nitrogens is 2. The number of hydrogen-bond acceptors (Lipinski definition) is 8. The molecule has 3 rings (SSSR count). The molecule has 0 saturated carbocycles. The van der Waals surface area contributed by atoms with Crippen LogP contribution in [-0.2, 0) is 4.74 Å². The van der Waals surface area contributed by atoms with Gasteiger partial charge >= 0.3 is 0 Å². The summed E-state index contributed by atoms with van der Waals surface area (Å²) in [5, 5.41) is 19.2. The number of aliphatic imine (C=N–C) groups is 1. The van der Waals surface area contributed by atoms with E-state index in [1.807, 2.05) is 6.07 Å². The number of ether oxygens (including phenoxy) is 2. The van der Waals surface area contributed by atoms with E-state index in [-0.39, 0.29) is 6.10 Å². The first kappa shape index (κ1) is 25.1. The molecule has 0 radical (unpaired) electrons. The lowest BCUT2D eigenvalue weighted by Gasteiger charge is -2.23. The molecule has 1 aliphatic heterocycles. The number of nitrogens with one attached hydrogen (secondary N) is 2. The second kappa shape index (κ2) is 12.6. The molecule has 180 valence electrons. The Morgan fingerprint density at radius 3 is 2.74 bits per heavy atom. The molecule has 2 aromatic rings. The van der Waals surface area contributed by atoms with Crippen LogP contribution in [0.1, 0.15) is 29.5 Å². The Kier molecular flexibility index (Phi) is 9.05. The molecular weight excluding hydrogens is 442 g/mol. The van der Waals surface area contributed by atoms with Gasteiger partial charge in [-0.2, -0.15) is 10.4 Å². The summed E-state index contributed by atoms with van der Waals surface area (Å²) in [5.74, 6) is 0.919. The van der Waals surface area contributed by atoms with Crippen LogP contribution in [0.25, 0.3) is 11.4 Å². The molecule has 0 aliphatic carbocycles. The van der Waals surface area contributed by atoms with Crippen LogP contribution < -0.4 is 21.5 Å². The topological polar surface area (TPSA) is 147 Å². The summed E-state index contributed by atoms with van der Waals surface area (Å²) in [6.45, 7) is 8.94. The van der Waals surface area contributed by atoms with E-state index in [9.17, 15) is 5.26 Å². The van der Waals surface area contributed by atoms with Gasteiger partial charge in [0, 0.05) is 47.9 Å². The zero-order valence-electron chi connectivity index (χ0n) is 19.4. The van der Waals surface area contributed by atoms with Gasteiger partial charge in [0.05, 0.1) is 25.0 Å². The summed E-state index contributed by atoms with van der Waals surface area (Å²) in [6.07, 6.45) is 13.2. The van der Waals surface area contributed by atoms with Crippen molar-refractivity contribution in [2.75, 3.05) is 13.2 Å². The van der Waals surface area contributed by atoms with Crippen LogP contribution in [0.4, 0.5) is 0 Å². The van der Waals surface area contributed by atoms with Crippen molar-refractivity contribution in [3.8, 4) is 11.8 Å². The largest absolute Gasteiger partial charge is 0.489 e. The third-order valence-corrected chi connectivity index (χ3v) is 5.11. The van der Waals surface area contributed by atoms with Crippen LogP contribution in [0.3, 0.4) is 0 Å². The Balaban J connectivity index is 1.64. The molecular formula is C26H29N7O2. The van der Waals surface area contributed by atoms with Crippen molar-refractivity contribution in [3.05, 3.63) is 96.3 Å². The third kappa shape index (κ3) is 7.48. The van der Waals surface area contributed by atoms with E-state index in [1.54, 1.807) is 48.8 Å². The maximum atomic E-state index is 9.56. The van der Waals surface area contributed by atoms with Crippen LogP contribution in [-0.4, -0.2) is 35.7 Å². The van der Waals surface area contributed by atoms with Gasteiger partial charge in [0.2, 0.25) is 0 Å². The minimum Gasteiger partial charge on any atom is -0.489 e. The second-order valence-corrected chi connectivity index (χ2v) is 7.67. The Morgan fingerprint density at radius 2 is 2.06 bits per heavy atom. The van der Waals surface area contributed by atoms with Crippen LogP contribution in [0.2, 0.25) is 0 Å². The number of nitrogens with zero attached hydrogens (tertiary/aromatic N) is 3. The lowest BCUT2D eigenvalue weighted by atomic mass is 10.1. The van der Waals surface area contributed by atoms with Crippen LogP contribution >= 0.6 is 0 Å². The normalized spacial score (nSPS) is 15.6. The van der Waals surface area contributed by atoms with Crippen molar-refractivity contribution in [1.29, 1.82) is 5.26 Å². The van der Waals surface area contributed by atoms with Crippen molar-refractivity contribution >= 4 is 17.6 Å². The number of rotatable bonds is 10. The average molecular weight is 472 g/mol. The fraction of sp³-hybridized carbons (Fsp3) is 0.192. The highest BCUT2D eigenvalue weighted by Gasteiger charge is 2.17. The number of nitrogens with two attached hydrogens (primary N) is 2. The van der Waals surface area contributed by atoms with Gasteiger partial charge in [0.15, 0.2) is 0 Å². The number of aromatic amines is 1. The van der Waals surface area contributed by atoms with Gasteiger partial charge in [-0.15, -0.1) is 0 Å². The second-order valence-electron chi connectivity index (χ2n) is 7.67. The highest BCUT2D eigenvalue weighted by atomic mass is 16.5. The van der Waals surface area contributed by atoms with Gasteiger partial charge in [-0.3, -0.25) is 5.10 Å². The van der Waals surface area contributed by atoms with Gasteiger partial charge in [0.1, 0.15) is 23.7 Å². The SMILES string of the molecule is C=C/C=C(\C=C(/N)c1cn[nH]c1)NC(=C)N=C/C=C(\N)c1ccc(OC2CCOCC2)c(C#N)c1. The van der Waals surface area contributed by atoms with E-state index in [0.29, 0.717) is 53.0 Å². The van der Waals surface area contributed by atoms with E-state index >= 15 is 0 Å². The molecule has 2 heterocycles. The molecule has 1 aromatic heterocycles.